The molecule has 1 aromatic heterocycles. The molecule has 0 saturated carbocycles. The van der Waals surface area contributed by atoms with Crippen LogP contribution in [0.25, 0.3) is 23.1 Å². The van der Waals surface area contributed by atoms with Crippen molar-refractivity contribution in [2.45, 2.75) is 0 Å². The number of hydrogen-bond acceptors (Lipinski definition) is 1. The Labute approximate surface area is 131 Å². The smallest absolute Gasteiger partial charge is 0.132 e. The third-order valence-corrected chi connectivity index (χ3v) is 3.73. The van der Waals surface area contributed by atoms with Crippen molar-refractivity contribution in [1.82, 2.24) is 9.47 Å². The van der Waals surface area contributed by atoms with Crippen LogP contribution in [0.1, 0.15) is 11.3 Å². The minimum absolute atomic E-state index is 0.830. The van der Waals surface area contributed by atoms with Crippen LogP contribution in [0.2, 0.25) is 0 Å². The van der Waals surface area contributed by atoms with Crippen LogP contribution in [0.15, 0.2) is 60.7 Å². The molecule has 2 aromatic carbocycles. The first-order valence-corrected chi connectivity index (χ1v) is 7.48. The van der Waals surface area contributed by atoms with Gasteiger partial charge in [-0.15, -0.1) is 0 Å². The lowest BCUT2D eigenvalue weighted by Gasteiger charge is -2.23. The molecule has 0 fully saturated rings. The van der Waals surface area contributed by atoms with E-state index in [0.717, 1.165) is 15.7 Å². The summed E-state index contributed by atoms with van der Waals surface area (Å²) in [7, 11) is 6.51. The van der Waals surface area contributed by atoms with Gasteiger partial charge in [0.15, 0.2) is 0 Å². The zero-order valence-corrected chi connectivity index (χ0v) is 13.3. The van der Waals surface area contributed by atoms with E-state index in [9.17, 15) is 0 Å². The molecular formula is C20H21N2+. The summed E-state index contributed by atoms with van der Waals surface area (Å²) in [5, 5.41) is 1.17. The summed E-state index contributed by atoms with van der Waals surface area (Å²) >= 11 is 0. The Morgan fingerprint density at radius 2 is 1.50 bits per heavy atom. The molecule has 0 aliphatic heterocycles. The van der Waals surface area contributed by atoms with Crippen molar-refractivity contribution in [2.24, 2.45) is 0 Å². The van der Waals surface area contributed by atoms with Crippen molar-refractivity contribution in [3.05, 3.63) is 71.9 Å². The van der Waals surface area contributed by atoms with E-state index in [1.165, 1.54) is 16.6 Å². The van der Waals surface area contributed by atoms with Gasteiger partial charge in [0.05, 0.1) is 32.4 Å². The Hall–Kier alpha value is -2.45. The highest BCUT2D eigenvalue weighted by Gasteiger charge is 2.10. The quantitative estimate of drug-likeness (QED) is 0.642. The van der Waals surface area contributed by atoms with Gasteiger partial charge in [0.25, 0.3) is 0 Å². The molecule has 0 atom stereocenters. The van der Waals surface area contributed by atoms with Crippen molar-refractivity contribution >= 4 is 28.7 Å². The normalized spacial score (nSPS) is 12.1. The van der Waals surface area contributed by atoms with Gasteiger partial charge in [-0.05, 0) is 48.0 Å². The van der Waals surface area contributed by atoms with Gasteiger partial charge >= 0.3 is 0 Å². The van der Waals surface area contributed by atoms with Gasteiger partial charge in [-0.3, -0.25) is 4.48 Å². The van der Waals surface area contributed by atoms with Gasteiger partial charge in [0, 0.05) is 5.39 Å². The maximum absolute atomic E-state index is 4.66. The lowest BCUT2D eigenvalue weighted by Crippen LogP contribution is -2.34. The highest BCUT2D eigenvalue weighted by molar-refractivity contribution is 5.80. The Balaban J connectivity index is 1.83. The standard InChI is InChI=1S/C20H21N2/c1-22(2,3)19-14-9-16(10-15-19)8-12-18-13-11-17-6-4-5-7-20(17)21-18/h4-15H,1-3H3/q+1/b12-8-. The van der Waals surface area contributed by atoms with Crippen LogP contribution >= 0.6 is 0 Å². The Bertz CT molecular complexity index is 809. The van der Waals surface area contributed by atoms with E-state index >= 15 is 0 Å². The highest BCUT2D eigenvalue weighted by Crippen LogP contribution is 2.19. The van der Waals surface area contributed by atoms with E-state index in [-0.39, 0.29) is 0 Å². The van der Waals surface area contributed by atoms with Gasteiger partial charge in [0.2, 0.25) is 0 Å². The van der Waals surface area contributed by atoms with E-state index in [1.807, 2.05) is 18.2 Å². The van der Waals surface area contributed by atoms with Gasteiger partial charge in [0.1, 0.15) is 5.69 Å². The molecule has 0 aliphatic carbocycles. The van der Waals surface area contributed by atoms with E-state index in [4.69, 9.17) is 0 Å². The number of pyridine rings is 1. The monoisotopic (exact) mass is 289 g/mol. The van der Waals surface area contributed by atoms with E-state index in [1.54, 1.807) is 0 Å². The molecule has 0 aliphatic rings. The summed E-state index contributed by atoms with van der Waals surface area (Å²) in [5.41, 5.74) is 4.49. The molecule has 3 rings (SSSR count). The minimum Gasteiger partial charge on any atom is -0.298 e. The van der Waals surface area contributed by atoms with Gasteiger partial charge in [-0.1, -0.05) is 30.3 Å². The molecule has 2 nitrogen and oxygen atoms in total. The predicted molar refractivity (Wildman–Crippen MR) is 96.7 cm³/mol. The van der Waals surface area contributed by atoms with E-state index in [0.29, 0.717) is 0 Å². The van der Waals surface area contributed by atoms with Crippen LogP contribution in [0.5, 0.6) is 0 Å². The third kappa shape index (κ3) is 3.23. The van der Waals surface area contributed by atoms with Gasteiger partial charge < -0.3 is 0 Å². The molecule has 0 radical (unpaired) electrons. The fourth-order valence-electron chi connectivity index (χ4n) is 2.39. The zero-order valence-electron chi connectivity index (χ0n) is 13.3. The number of aromatic nitrogens is 1. The predicted octanol–water partition coefficient (Wildman–Crippen LogP) is 4.60. The minimum atomic E-state index is 0.830. The molecule has 0 bridgehead atoms. The highest BCUT2D eigenvalue weighted by atomic mass is 15.3. The zero-order chi connectivity index (χ0) is 15.6. The van der Waals surface area contributed by atoms with Crippen molar-refractivity contribution in [3.63, 3.8) is 0 Å². The van der Waals surface area contributed by atoms with Crippen molar-refractivity contribution in [1.29, 1.82) is 0 Å². The van der Waals surface area contributed by atoms with Crippen molar-refractivity contribution < 1.29 is 0 Å². The molecular weight excluding hydrogens is 268 g/mol. The van der Waals surface area contributed by atoms with Crippen molar-refractivity contribution in [3.8, 4) is 0 Å². The fourth-order valence-corrected chi connectivity index (χ4v) is 2.39. The lowest BCUT2D eigenvalue weighted by molar-refractivity contribution is 0.486. The number of nitrogens with zero attached hydrogens (tertiary/aromatic N) is 2. The van der Waals surface area contributed by atoms with Crippen LogP contribution in [0.3, 0.4) is 0 Å². The first-order valence-electron chi connectivity index (χ1n) is 7.48. The van der Waals surface area contributed by atoms with Crippen LogP contribution in [0.4, 0.5) is 5.69 Å². The molecule has 1 heterocycles. The summed E-state index contributed by atoms with van der Waals surface area (Å²) in [6.07, 6.45) is 4.17. The Morgan fingerprint density at radius 3 is 2.23 bits per heavy atom. The van der Waals surface area contributed by atoms with Crippen LogP contribution in [0, 0.1) is 0 Å². The van der Waals surface area contributed by atoms with E-state index in [2.05, 4.69) is 80.7 Å². The number of benzene rings is 2. The summed E-state index contributed by atoms with van der Waals surface area (Å²) in [6, 6.07) is 21.0. The molecule has 0 spiro atoms. The lowest BCUT2D eigenvalue weighted by atomic mass is 10.1. The topological polar surface area (TPSA) is 12.9 Å². The largest absolute Gasteiger partial charge is 0.298 e. The molecule has 22 heavy (non-hydrogen) atoms. The van der Waals surface area contributed by atoms with Crippen molar-refractivity contribution in [2.75, 3.05) is 21.1 Å². The first-order chi connectivity index (χ1) is 10.5. The summed E-state index contributed by atoms with van der Waals surface area (Å²) in [4.78, 5) is 4.66. The molecule has 0 amide bonds. The Morgan fingerprint density at radius 1 is 0.773 bits per heavy atom. The maximum atomic E-state index is 4.66. The van der Waals surface area contributed by atoms with E-state index < -0.39 is 0 Å². The third-order valence-electron chi connectivity index (χ3n) is 3.73. The van der Waals surface area contributed by atoms with Gasteiger partial charge in [-0.25, -0.2) is 4.98 Å². The van der Waals surface area contributed by atoms with Crippen LogP contribution in [-0.2, 0) is 0 Å². The molecule has 0 N–H and O–H groups in total. The fraction of sp³-hybridized carbons (Fsp3) is 0.150. The number of rotatable bonds is 3. The van der Waals surface area contributed by atoms with Crippen LogP contribution < -0.4 is 4.48 Å². The summed E-state index contributed by atoms with van der Waals surface area (Å²) in [5.74, 6) is 0. The second kappa shape index (κ2) is 5.74. The molecule has 2 heteroatoms. The second-order valence-electron chi connectivity index (χ2n) is 6.37. The average Bonchev–Trinajstić information content (AvgIpc) is 2.52. The Kier molecular flexibility index (Phi) is 3.78. The average molecular weight is 289 g/mol. The number of fused-ring (bicyclic) bond motifs is 1. The summed E-state index contributed by atoms with van der Waals surface area (Å²) < 4.78 is 0.830. The van der Waals surface area contributed by atoms with Gasteiger partial charge in [-0.2, -0.15) is 0 Å². The number of hydrogen-bond donors (Lipinski definition) is 0. The molecule has 3 aromatic rings. The number of para-hydroxylation sites is 1. The van der Waals surface area contributed by atoms with Crippen LogP contribution in [-0.4, -0.2) is 26.1 Å². The SMILES string of the molecule is C[N+](C)(C)c1ccc(/C=C\c2ccc3ccccc3n2)cc1. The number of quaternary nitrogens is 1. The summed E-state index contributed by atoms with van der Waals surface area (Å²) in [6.45, 7) is 0. The first kappa shape index (κ1) is 14.5. The maximum Gasteiger partial charge on any atom is 0.132 e. The molecule has 0 unspecified atom stereocenters. The second-order valence-corrected chi connectivity index (χ2v) is 6.37. The molecule has 0 saturated heterocycles. The molecule has 110 valence electrons.